The molecule has 1 N–H and O–H groups in total. The van der Waals surface area contributed by atoms with Crippen molar-refractivity contribution in [3.05, 3.63) is 60.2 Å². The van der Waals surface area contributed by atoms with Gasteiger partial charge in [0.1, 0.15) is 11.5 Å². The number of aliphatic carboxylic acids is 1. The molecule has 0 fully saturated rings. The predicted octanol–water partition coefficient (Wildman–Crippen LogP) is 5.53. The third kappa shape index (κ3) is 6.97. The molecule has 2 aromatic rings. The van der Waals surface area contributed by atoms with Crippen molar-refractivity contribution in [2.24, 2.45) is 5.92 Å². The van der Waals surface area contributed by atoms with Gasteiger partial charge >= 0.3 is 5.97 Å². The van der Waals surface area contributed by atoms with Gasteiger partial charge < -0.3 is 14.6 Å². The third-order valence-electron chi connectivity index (χ3n) is 4.96. The number of carboxylic acid groups (broad SMARTS) is 1. The Kier molecular flexibility index (Phi) is 8.69. The van der Waals surface area contributed by atoms with Gasteiger partial charge in [0.2, 0.25) is 0 Å². The van der Waals surface area contributed by atoms with Crippen molar-refractivity contribution in [2.75, 3.05) is 13.7 Å². The van der Waals surface area contributed by atoms with Crippen LogP contribution in [0, 0.1) is 5.92 Å². The van der Waals surface area contributed by atoms with Gasteiger partial charge in [-0.2, -0.15) is 0 Å². The molecule has 4 nitrogen and oxygen atoms in total. The molecule has 0 aromatic heterocycles. The number of carboxylic acids is 1. The normalized spacial score (nSPS) is 13.0. The number of para-hydroxylation sites is 1. The Hall–Kier alpha value is -2.49. The van der Waals surface area contributed by atoms with Gasteiger partial charge in [0, 0.05) is 0 Å². The average Bonchev–Trinajstić information content (AvgIpc) is 2.70. The van der Waals surface area contributed by atoms with Crippen molar-refractivity contribution in [3.63, 3.8) is 0 Å². The zero-order valence-electron chi connectivity index (χ0n) is 16.3. The Balaban J connectivity index is 1.91. The molecule has 4 heteroatoms. The summed E-state index contributed by atoms with van der Waals surface area (Å²) in [7, 11) is 1.65. The zero-order chi connectivity index (χ0) is 19.5. The minimum absolute atomic E-state index is 0.230. The maximum atomic E-state index is 11.5. The molecule has 2 atom stereocenters. The third-order valence-corrected chi connectivity index (χ3v) is 4.96. The first-order valence-corrected chi connectivity index (χ1v) is 9.68. The molecule has 2 aromatic carbocycles. The summed E-state index contributed by atoms with van der Waals surface area (Å²) in [5.41, 5.74) is 1.18. The Bertz CT molecular complexity index is 667. The van der Waals surface area contributed by atoms with Crippen LogP contribution in [0.15, 0.2) is 54.6 Å². The van der Waals surface area contributed by atoms with Crippen LogP contribution in [-0.4, -0.2) is 24.8 Å². The second kappa shape index (κ2) is 11.3. The van der Waals surface area contributed by atoms with Gasteiger partial charge in [-0.05, 0) is 67.9 Å². The second-order valence-corrected chi connectivity index (χ2v) is 6.81. The lowest BCUT2D eigenvalue weighted by Crippen LogP contribution is -2.16. The molecule has 0 aliphatic heterocycles. The summed E-state index contributed by atoms with van der Waals surface area (Å²) in [6, 6.07) is 17.8. The number of rotatable bonds is 12. The first-order valence-electron chi connectivity index (χ1n) is 9.68. The number of ether oxygens (including phenoxy) is 2. The van der Waals surface area contributed by atoms with Gasteiger partial charge in [-0.15, -0.1) is 0 Å². The number of unbranched alkanes of at least 4 members (excludes halogenated alkanes) is 1. The standard InChI is InChI=1S/C23H30O4/c1-3-18(23(24)25)17-20(19-12-14-21(26-2)15-13-19)9-7-8-16-27-22-10-5-4-6-11-22/h4-6,10-15,18,20H,3,7-9,16-17H2,1-2H3,(H,24,25). The monoisotopic (exact) mass is 370 g/mol. The molecule has 0 saturated heterocycles. The summed E-state index contributed by atoms with van der Waals surface area (Å²) in [6.07, 6.45) is 4.22. The highest BCUT2D eigenvalue weighted by Crippen LogP contribution is 2.31. The Morgan fingerprint density at radius 3 is 2.30 bits per heavy atom. The predicted molar refractivity (Wildman–Crippen MR) is 108 cm³/mol. The molecule has 0 bridgehead atoms. The van der Waals surface area contributed by atoms with Crippen molar-refractivity contribution >= 4 is 5.97 Å². The van der Waals surface area contributed by atoms with E-state index in [0.29, 0.717) is 19.4 Å². The van der Waals surface area contributed by atoms with Crippen LogP contribution in [0.25, 0.3) is 0 Å². The highest BCUT2D eigenvalue weighted by atomic mass is 16.5. The molecule has 2 rings (SSSR count). The van der Waals surface area contributed by atoms with E-state index in [1.54, 1.807) is 7.11 Å². The largest absolute Gasteiger partial charge is 0.497 e. The first-order chi connectivity index (χ1) is 13.1. The fourth-order valence-electron chi connectivity index (χ4n) is 3.28. The summed E-state index contributed by atoms with van der Waals surface area (Å²) < 4.78 is 11.0. The fraction of sp³-hybridized carbons (Fsp3) is 0.435. The van der Waals surface area contributed by atoms with E-state index in [2.05, 4.69) is 12.1 Å². The lowest BCUT2D eigenvalue weighted by atomic mass is 9.84. The number of carbonyl (C=O) groups is 1. The smallest absolute Gasteiger partial charge is 0.306 e. The SMILES string of the molecule is CCC(CC(CCCCOc1ccccc1)c1ccc(OC)cc1)C(=O)O. The Morgan fingerprint density at radius 1 is 1.00 bits per heavy atom. The molecule has 0 spiro atoms. The van der Waals surface area contributed by atoms with Crippen LogP contribution in [0.2, 0.25) is 0 Å². The summed E-state index contributed by atoms with van der Waals surface area (Å²) in [6.45, 7) is 2.62. The summed E-state index contributed by atoms with van der Waals surface area (Å²) in [5.74, 6) is 0.926. The van der Waals surface area contributed by atoms with Crippen LogP contribution in [0.5, 0.6) is 11.5 Å². The number of hydrogen-bond donors (Lipinski definition) is 1. The van der Waals surface area contributed by atoms with Crippen molar-refractivity contribution in [1.82, 2.24) is 0 Å². The van der Waals surface area contributed by atoms with E-state index in [1.165, 1.54) is 5.56 Å². The Morgan fingerprint density at radius 2 is 1.70 bits per heavy atom. The van der Waals surface area contributed by atoms with Crippen LogP contribution in [0.1, 0.15) is 50.5 Å². The van der Waals surface area contributed by atoms with E-state index >= 15 is 0 Å². The van der Waals surface area contributed by atoms with E-state index in [4.69, 9.17) is 9.47 Å². The van der Waals surface area contributed by atoms with Crippen LogP contribution < -0.4 is 9.47 Å². The lowest BCUT2D eigenvalue weighted by molar-refractivity contribution is -0.142. The lowest BCUT2D eigenvalue weighted by Gasteiger charge is -2.21. The topological polar surface area (TPSA) is 55.8 Å². The van der Waals surface area contributed by atoms with E-state index in [-0.39, 0.29) is 11.8 Å². The second-order valence-electron chi connectivity index (χ2n) is 6.81. The molecule has 0 radical (unpaired) electrons. The maximum absolute atomic E-state index is 11.5. The Labute approximate surface area is 162 Å². The van der Waals surface area contributed by atoms with Crippen molar-refractivity contribution in [2.45, 2.75) is 44.9 Å². The number of hydrogen-bond acceptors (Lipinski definition) is 3. The number of methoxy groups -OCH3 is 1. The molecule has 0 aliphatic rings. The van der Waals surface area contributed by atoms with Crippen LogP contribution in [0.4, 0.5) is 0 Å². The minimum Gasteiger partial charge on any atom is -0.497 e. The van der Waals surface area contributed by atoms with Gasteiger partial charge in [-0.1, -0.05) is 37.3 Å². The van der Waals surface area contributed by atoms with Gasteiger partial charge in [-0.25, -0.2) is 0 Å². The summed E-state index contributed by atoms with van der Waals surface area (Å²) in [4.78, 5) is 11.5. The van der Waals surface area contributed by atoms with Crippen LogP contribution in [0.3, 0.4) is 0 Å². The zero-order valence-corrected chi connectivity index (χ0v) is 16.3. The average molecular weight is 370 g/mol. The molecule has 0 amide bonds. The first kappa shape index (κ1) is 20.8. The summed E-state index contributed by atoms with van der Waals surface area (Å²) >= 11 is 0. The van der Waals surface area contributed by atoms with Crippen LogP contribution in [-0.2, 0) is 4.79 Å². The molecule has 146 valence electrons. The van der Waals surface area contributed by atoms with E-state index in [1.807, 2.05) is 49.4 Å². The molecular weight excluding hydrogens is 340 g/mol. The fourth-order valence-corrected chi connectivity index (χ4v) is 3.28. The minimum atomic E-state index is -0.705. The maximum Gasteiger partial charge on any atom is 0.306 e. The quantitative estimate of drug-likeness (QED) is 0.499. The van der Waals surface area contributed by atoms with E-state index in [0.717, 1.165) is 30.8 Å². The number of benzene rings is 2. The van der Waals surface area contributed by atoms with Gasteiger partial charge in [-0.3, -0.25) is 4.79 Å². The van der Waals surface area contributed by atoms with Gasteiger partial charge in [0.05, 0.1) is 19.6 Å². The van der Waals surface area contributed by atoms with Gasteiger partial charge in [0.15, 0.2) is 0 Å². The van der Waals surface area contributed by atoms with Gasteiger partial charge in [0.25, 0.3) is 0 Å². The molecular formula is C23H30O4. The van der Waals surface area contributed by atoms with Crippen molar-refractivity contribution in [1.29, 1.82) is 0 Å². The van der Waals surface area contributed by atoms with E-state index in [9.17, 15) is 9.90 Å². The molecule has 2 unspecified atom stereocenters. The van der Waals surface area contributed by atoms with Crippen molar-refractivity contribution < 1.29 is 19.4 Å². The highest BCUT2D eigenvalue weighted by Gasteiger charge is 2.22. The molecule has 0 saturated carbocycles. The molecule has 0 heterocycles. The summed E-state index contributed by atoms with van der Waals surface area (Å²) in [5, 5.41) is 9.45. The molecule has 0 aliphatic carbocycles. The van der Waals surface area contributed by atoms with E-state index < -0.39 is 5.97 Å². The van der Waals surface area contributed by atoms with Crippen LogP contribution >= 0.6 is 0 Å². The highest BCUT2D eigenvalue weighted by molar-refractivity contribution is 5.70. The molecule has 27 heavy (non-hydrogen) atoms. The van der Waals surface area contributed by atoms with Crippen molar-refractivity contribution in [3.8, 4) is 11.5 Å².